The Kier molecular flexibility index (Phi) is 8.18. The predicted octanol–water partition coefficient (Wildman–Crippen LogP) is -3.45. The molecular weight excluding hydrogens is 462 g/mol. The van der Waals surface area contributed by atoms with Gasteiger partial charge in [0.1, 0.15) is 5.69 Å². The number of nitrogens with zero attached hydrogens (tertiary/aromatic N) is 4. The Morgan fingerprint density at radius 3 is 2.00 bits per heavy atom. The number of urea groups is 1. The molecule has 2 aromatic rings. The predicted molar refractivity (Wildman–Crippen MR) is 88.0 cm³/mol. The average Bonchev–Trinajstić information content (AvgIpc) is 2.65. The molecule has 17 heteroatoms. The normalized spacial score (nSPS) is 11.3. The van der Waals surface area contributed by atoms with Crippen molar-refractivity contribution < 1.29 is 75.3 Å². The Bertz CT molecular complexity index is 1090. The molecule has 0 unspecified atom stereocenters. The third kappa shape index (κ3) is 5.52. The molecule has 2 rings (SSSR count). The van der Waals surface area contributed by atoms with Gasteiger partial charge < -0.3 is 25.1 Å². The Hall–Kier alpha value is -2.69. The SMILES string of the molecule is COc1cc(OC)nc(N(C(N)=O)S(=O)(=O)c2nc(C(F)(F)F)ccc2C(=O)[O-])n1.[Na+]. The van der Waals surface area contributed by atoms with E-state index < -0.39 is 50.4 Å². The zero-order valence-corrected chi connectivity index (χ0v) is 18.8. The van der Waals surface area contributed by atoms with E-state index in [4.69, 9.17) is 15.2 Å². The number of carbonyl (C=O) groups is 2. The van der Waals surface area contributed by atoms with Crippen LogP contribution in [-0.2, 0) is 16.2 Å². The number of sulfonamides is 1. The summed E-state index contributed by atoms with van der Waals surface area (Å²) < 4.78 is 74.0. The molecule has 0 atom stereocenters. The van der Waals surface area contributed by atoms with Gasteiger partial charge in [0.05, 0.1) is 26.3 Å². The van der Waals surface area contributed by atoms with Crippen molar-refractivity contribution in [2.75, 3.05) is 18.5 Å². The molecule has 0 spiro atoms. The second kappa shape index (κ2) is 9.63. The zero-order valence-electron chi connectivity index (χ0n) is 16.0. The molecule has 0 fully saturated rings. The van der Waals surface area contributed by atoms with Gasteiger partial charge in [-0.1, -0.05) is 0 Å². The van der Waals surface area contributed by atoms with E-state index >= 15 is 0 Å². The molecule has 0 radical (unpaired) electrons. The average molecular weight is 473 g/mol. The van der Waals surface area contributed by atoms with Crippen molar-refractivity contribution in [3.63, 3.8) is 0 Å². The second-order valence-corrected chi connectivity index (χ2v) is 6.90. The summed E-state index contributed by atoms with van der Waals surface area (Å²) in [6.07, 6.45) is -5.14. The molecule has 162 valence electrons. The number of hydrogen-bond acceptors (Lipinski definition) is 10. The standard InChI is InChI=1S/C14H12F3N5O7S.Na/c1-28-8-5-9(29-2)21-13(20-8)22(12(18)25)30(26,27)10-6(11(23)24)3-4-7(19-10)14(15,16)17;/h3-5H,1-2H3,(H2,18,25)(H,23,24);/q;+1/p-1. The first-order valence-corrected chi connectivity index (χ1v) is 8.88. The molecule has 31 heavy (non-hydrogen) atoms. The first-order valence-electron chi connectivity index (χ1n) is 7.44. The molecule has 0 saturated heterocycles. The summed E-state index contributed by atoms with van der Waals surface area (Å²) in [5.41, 5.74) is 2.05. The number of primary amides is 1. The van der Waals surface area contributed by atoms with Crippen LogP contribution in [0, 0.1) is 0 Å². The fourth-order valence-electron chi connectivity index (χ4n) is 2.05. The third-order valence-electron chi connectivity index (χ3n) is 3.32. The van der Waals surface area contributed by atoms with E-state index in [0.29, 0.717) is 6.07 Å². The van der Waals surface area contributed by atoms with E-state index in [1.165, 1.54) is 0 Å². The summed E-state index contributed by atoms with van der Waals surface area (Å²) in [6, 6.07) is -0.160. The van der Waals surface area contributed by atoms with E-state index in [0.717, 1.165) is 20.3 Å². The molecule has 2 aromatic heterocycles. The van der Waals surface area contributed by atoms with E-state index in [9.17, 15) is 36.3 Å². The number of carboxylic acid groups (broad SMARTS) is 1. The van der Waals surface area contributed by atoms with Crippen LogP contribution < -0.4 is 54.2 Å². The number of rotatable bonds is 6. The van der Waals surface area contributed by atoms with E-state index in [1.807, 2.05) is 0 Å². The van der Waals surface area contributed by atoms with Gasteiger partial charge in [-0.15, -0.1) is 4.31 Å². The van der Waals surface area contributed by atoms with Crippen molar-refractivity contribution in [1.82, 2.24) is 15.0 Å². The first kappa shape index (κ1) is 26.3. The van der Waals surface area contributed by atoms with Crippen LogP contribution in [0.2, 0.25) is 0 Å². The first-order chi connectivity index (χ1) is 13.8. The number of pyridine rings is 1. The fraction of sp³-hybridized carbons (Fsp3) is 0.214. The number of methoxy groups -OCH3 is 2. The van der Waals surface area contributed by atoms with Crippen molar-refractivity contribution in [1.29, 1.82) is 0 Å². The number of hydrogen-bond donors (Lipinski definition) is 1. The quantitative estimate of drug-likeness (QED) is 0.415. The van der Waals surface area contributed by atoms with E-state index in [1.54, 1.807) is 0 Å². The smallest absolute Gasteiger partial charge is 0.545 e. The van der Waals surface area contributed by atoms with Crippen molar-refractivity contribution >= 4 is 28.0 Å². The summed E-state index contributed by atoms with van der Waals surface area (Å²) in [7, 11) is -3.23. The van der Waals surface area contributed by atoms with Crippen LogP contribution in [0.5, 0.6) is 11.8 Å². The number of carboxylic acids is 1. The summed E-state index contributed by atoms with van der Waals surface area (Å²) >= 11 is 0. The Morgan fingerprint density at radius 1 is 1.10 bits per heavy atom. The number of halogens is 3. The van der Waals surface area contributed by atoms with Crippen LogP contribution in [-0.4, -0.2) is 49.6 Å². The van der Waals surface area contributed by atoms with Crippen LogP contribution in [0.4, 0.5) is 23.9 Å². The van der Waals surface area contributed by atoms with Gasteiger partial charge in [-0.3, -0.25) is 0 Å². The molecule has 2 heterocycles. The molecule has 0 bridgehead atoms. The summed E-state index contributed by atoms with van der Waals surface area (Å²) in [4.78, 5) is 33.1. The topological polar surface area (TPSA) is 178 Å². The van der Waals surface area contributed by atoms with Gasteiger partial charge >= 0.3 is 41.8 Å². The van der Waals surface area contributed by atoms with Gasteiger partial charge in [0.25, 0.3) is 16.0 Å². The zero-order chi connectivity index (χ0) is 22.9. The number of carbonyl (C=O) groups excluding carboxylic acids is 2. The molecule has 0 aromatic carbocycles. The maximum Gasteiger partial charge on any atom is 1.00 e. The molecular formula is C14H11F3N5NaO7S. The monoisotopic (exact) mass is 473 g/mol. The molecule has 0 saturated carbocycles. The molecule has 2 amide bonds. The van der Waals surface area contributed by atoms with Crippen LogP contribution >= 0.6 is 0 Å². The van der Waals surface area contributed by atoms with Crippen LogP contribution in [0.15, 0.2) is 23.2 Å². The van der Waals surface area contributed by atoms with Crippen molar-refractivity contribution in [2.24, 2.45) is 5.73 Å². The number of ether oxygens (including phenoxy) is 2. The summed E-state index contributed by atoms with van der Waals surface area (Å²) in [5, 5.41) is 9.59. The number of amides is 2. The molecule has 0 aliphatic rings. The van der Waals surface area contributed by atoms with Crippen molar-refractivity contribution in [2.45, 2.75) is 11.2 Å². The van der Waals surface area contributed by atoms with E-state index in [2.05, 4.69) is 15.0 Å². The van der Waals surface area contributed by atoms with Crippen molar-refractivity contribution in [3.8, 4) is 11.8 Å². The Morgan fingerprint density at radius 2 is 1.61 bits per heavy atom. The van der Waals surface area contributed by atoms with E-state index in [-0.39, 0.29) is 51.7 Å². The third-order valence-corrected chi connectivity index (χ3v) is 4.95. The van der Waals surface area contributed by atoms with Crippen LogP contribution in [0.1, 0.15) is 16.1 Å². The molecule has 12 nitrogen and oxygen atoms in total. The molecule has 0 aliphatic heterocycles. The molecule has 0 aliphatic carbocycles. The maximum atomic E-state index is 13.0. The minimum absolute atomic E-state index is 0. The second-order valence-electron chi connectivity index (χ2n) is 5.19. The number of anilines is 1. The molecule has 2 N–H and O–H groups in total. The summed E-state index contributed by atoms with van der Waals surface area (Å²) in [6.45, 7) is 0. The van der Waals surface area contributed by atoms with Crippen LogP contribution in [0.25, 0.3) is 0 Å². The summed E-state index contributed by atoms with van der Waals surface area (Å²) in [5.74, 6) is -3.79. The van der Waals surface area contributed by atoms with Crippen LogP contribution in [0.3, 0.4) is 0 Å². The van der Waals surface area contributed by atoms with Gasteiger partial charge in [-0.2, -0.15) is 31.6 Å². The maximum absolute atomic E-state index is 13.0. The number of alkyl halides is 3. The van der Waals surface area contributed by atoms with Gasteiger partial charge in [-0.05, 0) is 12.1 Å². The van der Waals surface area contributed by atoms with Gasteiger partial charge in [0.2, 0.25) is 11.8 Å². The number of aromatic carboxylic acids is 1. The minimum Gasteiger partial charge on any atom is -0.545 e. The van der Waals surface area contributed by atoms with Gasteiger partial charge in [0.15, 0.2) is 5.03 Å². The van der Waals surface area contributed by atoms with Gasteiger partial charge in [-0.25, -0.2) is 9.78 Å². The van der Waals surface area contributed by atoms with Crippen molar-refractivity contribution in [3.05, 3.63) is 29.5 Å². The Balaban J connectivity index is 0.00000480. The fourth-order valence-corrected chi connectivity index (χ4v) is 3.40. The number of aromatic nitrogens is 3. The Labute approximate surface area is 194 Å². The minimum atomic E-state index is -5.47. The largest absolute Gasteiger partial charge is 1.00 e. The number of nitrogens with two attached hydrogens (primary N) is 1. The van der Waals surface area contributed by atoms with Gasteiger partial charge in [0, 0.05) is 5.56 Å².